The molecule has 0 aliphatic rings. The highest BCUT2D eigenvalue weighted by molar-refractivity contribution is 9.10. The Hall–Kier alpha value is -1.27. The first-order valence-corrected chi connectivity index (χ1v) is 6.17. The van der Waals surface area contributed by atoms with Crippen LogP contribution in [0.4, 0.5) is 8.78 Å². The topological polar surface area (TPSA) is 38.0 Å². The van der Waals surface area contributed by atoms with Gasteiger partial charge in [0.1, 0.15) is 23.6 Å². The zero-order valence-electron chi connectivity index (χ0n) is 9.57. The van der Waals surface area contributed by atoms with Crippen molar-refractivity contribution >= 4 is 15.9 Å². The minimum Gasteiger partial charge on any atom is -0.380 e. The third-order valence-corrected chi connectivity index (χ3v) is 3.11. The van der Waals surface area contributed by atoms with Crippen LogP contribution in [0.5, 0.6) is 0 Å². The number of halogens is 3. The van der Waals surface area contributed by atoms with Gasteiger partial charge in [0.15, 0.2) is 0 Å². The fourth-order valence-corrected chi connectivity index (χ4v) is 2.18. The van der Waals surface area contributed by atoms with Gasteiger partial charge in [-0.2, -0.15) is 0 Å². The molecular formula is C12H11BrF2N2O. The maximum Gasteiger partial charge on any atom is 0.142 e. The number of hydrogen-bond acceptors (Lipinski definition) is 2. The summed E-state index contributed by atoms with van der Waals surface area (Å²) in [4.78, 5) is 3.94. The van der Waals surface area contributed by atoms with Crippen molar-refractivity contribution in [3.8, 4) is 0 Å². The summed E-state index contributed by atoms with van der Waals surface area (Å²) in [5.41, 5.74) is -0.390. The Morgan fingerprint density at radius 1 is 1.39 bits per heavy atom. The average Bonchev–Trinajstić information content (AvgIpc) is 2.75. The molecule has 1 atom stereocenters. The molecule has 96 valence electrons. The number of imidazole rings is 1. The van der Waals surface area contributed by atoms with Crippen molar-refractivity contribution in [3.05, 3.63) is 52.0 Å². The molecule has 18 heavy (non-hydrogen) atoms. The summed E-state index contributed by atoms with van der Waals surface area (Å²) in [7, 11) is 0. The second kappa shape index (κ2) is 5.16. The van der Waals surface area contributed by atoms with Gasteiger partial charge in [-0.15, -0.1) is 0 Å². The molecule has 0 bridgehead atoms. The molecule has 1 unspecified atom stereocenters. The molecule has 0 aliphatic heterocycles. The van der Waals surface area contributed by atoms with E-state index in [0.29, 0.717) is 6.54 Å². The van der Waals surface area contributed by atoms with Crippen LogP contribution in [-0.4, -0.2) is 14.7 Å². The van der Waals surface area contributed by atoms with Crippen LogP contribution in [0.15, 0.2) is 29.0 Å². The van der Waals surface area contributed by atoms with Crippen LogP contribution < -0.4 is 0 Å². The predicted octanol–water partition coefficient (Wildman–Crippen LogP) is 3.03. The van der Waals surface area contributed by atoms with Crippen LogP contribution in [0.3, 0.4) is 0 Å². The lowest BCUT2D eigenvalue weighted by molar-refractivity contribution is 0.194. The Kier molecular flexibility index (Phi) is 3.77. The molecule has 1 aromatic heterocycles. The van der Waals surface area contributed by atoms with Crippen LogP contribution in [-0.2, 0) is 6.54 Å². The van der Waals surface area contributed by atoms with E-state index in [-0.39, 0.29) is 15.9 Å². The van der Waals surface area contributed by atoms with Gasteiger partial charge in [-0.05, 0) is 19.1 Å². The molecule has 3 nitrogen and oxygen atoms in total. The zero-order valence-corrected chi connectivity index (χ0v) is 11.2. The van der Waals surface area contributed by atoms with Crippen LogP contribution >= 0.6 is 15.9 Å². The van der Waals surface area contributed by atoms with E-state index >= 15 is 0 Å². The molecule has 0 saturated heterocycles. The summed E-state index contributed by atoms with van der Waals surface area (Å²) in [5.74, 6) is -1.39. The summed E-state index contributed by atoms with van der Waals surface area (Å²) in [6, 6.07) is 2.22. The molecule has 0 amide bonds. The molecule has 1 aromatic carbocycles. The van der Waals surface area contributed by atoms with Gasteiger partial charge in [0, 0.05) is 23.4 Å². The van der Waals surface area contributed by atoms with Crippen molar-refractivity contribution in [2.45, 2.75) is 19.6 Å². The monoisotopic (exact) mass is 316 g/mol. The summed E-state index contributed by atoms with van der Waals surface area (Å²) in [6.45, 7) is 2.42. The molecule has 1 heterocycles. The van der Waals surface area contributed by atoms with Gasteiger partial charge in [-0.1, -0.05) is 15.9 Å². The summed E-state index contributed by atoms with van der Waals surface area (Å²) >= 11 is 2.99. The number of nitrogens with zero attached hydrogens (tertiary/aromatic N) is 2. The largest absolute Gasteiger partial charge is 0.380 e. The lowest BCUT2D eigenvalue weighted by atomic mass is 10.1. The van der Waals surface area contributed by atoms with E-state index < -0.39 is 17.7 Å². The maximum atomic E-state index is 13.7. The van der Waals surface area contributed by atoms with E-state index in [1.165, 1.54) is 6.20 Å². The first-order valence-electron chi connectivity index (χ1n) is 5.38. The molecular weight excluding hydrogens is 306 g/mol. The molecule has 0 fully saturated rings. The molecule has 0 saturated carbocycles. The van der Waals surface area contributed by atoms with Gasteiger partial charge in [0.05, 0.1) is 5.56 Å². The third-order valence-electron chi connectivity index (χ3n) is 2.65. The Bertz CT molecular complexity index is 548. The van der Waals surface area contributed by atoms with Crippen molar-refractivity contribution in [3.63, 3.8) is 0 Å². The fourth-order valence-electron chi connectivity index (χ4n) is 1.78. The quantitative estimate of drug-likeness (QED) is 0.945. The van der Waals surface area contributed by atoms with Crippen LogP contribution in [0.1, 0.15) is 24.4 Å². The number of hydrogen-bond donors (Lipinski definition) is 1. The number of aliphatic hydroxyl groups excluding tert-OH is 1. The van der Waals surface area contributed by atoms with Crippen LogP contribution in [0, 0.1) is 11.6 Å². The molecule has 0 radical (unpaired) electrons. The Morgan fingerprint density at radius 2 is 2.00 bits per heavy atom. The van der Waals surface area contributed by atoms with Crippen molar-refractivity contribution in [1.82, 2.24) is 9.55 Å². The highest BCUT2D eigenvalue weighted by Gasteiger charge is 2.23. The van der Waals surface area contributed by atoms with Crippen molar-refractivity contribution < 1.29 is 13.9 Å². The third kappa shape index (κ3) is 2.30. The number of rotatable bonds is 3. The standard InChI is InChI=1S/C12H11BrF2N2O/c1-2-17-4-3-16-12(17)11(18)10-8(14)5-7(13)6-9(10)15/h3-6,11,18H,2H2,1H3. The predicted molar refractivity (Wildman–Crippen MR) is 66.0 cm³/mol. The normalized spacial score (nSPS) is 12.7. The van der Waals surface area contributed by atoms with E-state index in [4.69, 9.17) is 0 Å². The minimum atomic E-state index is -1.42. The van der Waals surface area contributed by atoms with Crippen LogP contribution in [0.2, 0.25) is 0 Å². The first kappa shape index (κ1) is 13.2. The average molecular weight is 317 g/mol. The highest BCUT2D eigenvalue weighted by atomic mass is 79.9. The van der Waals surface area contributed by atoms with Gasteiger partial charge >= 0.3 is 0 Å². The highest BCUT2D eigenvalue weighted by Crippen LogP contribution is 2.28. The van der Waals surface area contributed by atoms with E-state index in [9.17, 15) is 13.9 Å². The van der Waals surface area contributed by atoms with Crippen molar-refractivity contribution in [2.24, 2.45) is 0 Å². The molecule has 0 aliphatic carbocycles. The number of aliphatic hydroxyl groups is 1. The van der Waals surface area contributed by atoms with Gasteiger partial charge in [0.2, 0.25) is 0 Å². The van der Waals surface area contributed by atoms with Gasteiger partial charge in [-0.25, -0.2) is 13.8 Å². The second-order valence-corrected chi connectivity index (χ2v) is 4.67. The van der Waals surface area contributed by atoms with E-state index in [1.807, 2.05) is 6.92 Å². The Labute approximate surface area is 111 Å². The smallest absolute Gasteiger partial charge is 0.142 e. The Balaban J connectivity index is 2.49. The lowest BCUT2D eigenvalue weighted by Crippen LogP contribution is -2.12. The molecule has 0 spiro atoms. The maximum absolute atomic E-state index is 13.7. The van der Waals surface area contributed by atoms with E-state index in [1.54, 1.807) is 10.8 Å². The van der Waals surface area contributed by atoms with Crippen molar-refractivity contribution in [1.29, 1.82) is 0 Å². The Morgan fingerprint density at radius 3 is 2.56 bits per heavy atom. The summed E-state index contributed by atoms with van der Waals surface area (Å²) in [6.07, 6.45) is 1.71. The SMILES string of the molecule is CCn1ccnc1C(O)c1c(F)cc(Br)cc1F. The summed E-state index contributed by atoms with van der Waals surface area (Å²) < 4.78 is 29.4. The second-order valence-electron chi connectivity index (χ2n) is 3.76. The first-order chi connectivity index (χ1) is 8.54. The number of benzene rings is 1. The van der Waals surface area contributed by atoms with Crippen molar-refractivity contribution in [2.75, 3.05) is 0 Å². The van der Waals surface area contributed by atoms with E-state index in [0.717, 1.165) is 12.1 Å². The van der Waals surface area contributed by atoms with Gasteiger partial charge in [-0.3, -0.25) is 0 Å². The number of aryl methyl sites for hydroxylation is 1. The van der Waals surface area contributed by atoms with Crippen LogP contribution in [0.25, 0.3) is 0 Å². The van der Waals surface area contributed by atoms with Gasteiger partial charge < -0.3 is 9.67 Å². The zero-order chi connectivity index (χ0) is 13.3. The molecule has 2 rings (SSSR count). The van der Waals surface area contributed by atoms with Gasteiger partial charge in [0.25, 0.3) is 0 Å². The molecule has 1 N–H and O–H groups in total. The molecule has 6 heteroatoms. The minimum absolute atomic E-state index is 0.220. The lowest BCUT2D eigenvalue weighted by Gasteiger charge is -2.14. The molecule has 2 aromatic rings. The summed E-state index contributed by atoms with van der Waals surface area (Å²) in [5, 5.41) is 10.1. The number of aromatic nitrogens is 2. The fraction of sp³-hybridized carbons (Fsp3) is 0.250. The van der Waals surface area contributed by atoms with E-state index in [2.05, 4.69) is 20.9 Å².